The van der Waals surface area contributed by atoms with Crippen LogP contribution in [-0.2, 0) is 13.6 Å². The van der Waals surface area contributed by atoms with Crippen molar-refractivity contribution in [2.24, 2.45) is 13.0 Å². The number of ether oxygens (including phenoxy) is 1. The summed E-state index contributed by atoms with van der Waals surface area (Å²) in [5, 5.41) is 3.14. The molecule has 1 saturated carbocycles. The highest BCUT2D eigenvalue weighted by atomic mass is 19.1. The van der Waals surface area contributed by atoms with E-state index in [2.05, 4.69) is 10.3 Å². The van der Waals surface area contributed by atoms with E-state index >= 15 is 0 Å². The summed E-state index contributed by atoms with van der Waals surface area (Å²) in [7, 11) is 1.94. The second-order valence-corrected chi connectivity index (χ2v) is 6.68. The summed E-state index contributed by atoms with van der Waals surface area (Å²) in [5.74, 6) is 1.50. The summed E-state index contributed by atoms with van der Waals surface area (Å²) >= 11 is 0. The van der Waals surface area contributed by atoms with Crippen LogP contribution in [0, 0.1) is 11.7 Å². The first-order valence-electron chi connectivity index (χ1n) is 8.55. The molecule has 0 spiro atoms. The summed E-state index contributed by atoms with van der Waals surface area (Å²) in [6.45, 7) is 1.21. The quantitative estimate of drug-likeness (QED) is 0.931. The van der Waals surface area contributed by atoms with Gasteiger partial charge in [0.15, 0.2) is 0 Å². The number of hydrogen-bond acceptors (Lipinski definition) is 3. The molecule has 2 heterocycles. The number of hydrogen-bond donors (Lipinski definition) is 1. The van der Waals surface area contributed by atoms with Crippen molar-refractivity contribution in [1.82, 2.24) is 19.8 Å². The maximum absolute atomic E-state index is 13.4. The van der Waals surface area contributed by atoms with Gasteiger partial charge in [0, 0.05) is 31.1 Å². The van der Waals surface area contributed by atoms with Gasteiger partial charge in [-0.25, -0.2) is 14.2 Å². The number of carbonyl (C=O) groups excluding carboxylic acids is 1. The predicted octanol–water partition coefficient (Wildman–Crippen LogP) is 2.61. The summed E-state index contributed by atoms with van der Waals surface area (Å²) in [4.78, 5) is 18.9. The third-order valence-corrected chi connectivity index (χ3v) is 4.81. The molecule has 6 nitrogen and oxygen atoms in total. The minimum atomic E-state index is -0.333. The summed E-state index contributed by atoms with van der Waals surface area (Å²) in [5.41, 5.74) is 0.814. The Bertz CT molecular complexity index is 787. The largest absolute Gasteiger partial charge is 0.491 e. The van der Waals surface area contributed by atoms with Crippen LogP contribution in [-0.4, -0.2) is 33.6 Å². The lowest BCUT2D eigenvalue weighted by atomic mass is 10.1. The summed E-state index contributed by atoms with van der Waals surface area (Å²) in [6.07, 6.45) is 5.84. The van der Waals surface area contributed by atoms with Gasteiger partial charge in [0.05, 0.1) is 19.1 Å². The van der Waals surface area contributed by atoms with Gasteiger partial charge in [0.2, 0.25) is 0 Å². The first-order chi connectivity index (χ1) is 12.1. The molecule has 0 radical (unpaired) electrons. The number of aryl methyl sites for hydroxylation is 1. The van der Waals surface area contributed by atoms with Crippen LogP contribution in [0.2, 0.25) is 0 Å². The Morgan fingerprint density at radius 3 is 3.00 bits per heavy atom. The zero-order chi connectivity index (χ0) is 17.4. The van der Waals surface area contributed by atoms with E-state index in [0.29, 0.717) is 31.4 Å². The van der Waals surface area contributed by atoms with Crippen LogP contribution in [0.25, 0.3) is 0 Å². The molecule has 25 heavy (non-hydrogen) atoms. The monoisotopic (exact) mass is 344 g/mol. The molecule has 0 bridgehead atoms. The highest BCUT2D eigenvalue weighted by Crippen LogP contribution is 2.40. The third kappa shape index (κ3) is 3.31. The number of carbonyl (C=O) groups is 1. The lowest BCUT2D eigenvalue weighted by Gasteiger charge is -2.25. The number of nitrogens with one attached hydrogen (secondary N) is 1. The minimum absolute atomic E-state index is 0.0793. The number of fused-ring (bicyclic) bond motifs is 1. The van der Waals surface area contributed by atoms with E-state index in [1.165, 1.54) is 12.1 Å². The number of nitrogens with zero attached hydrogens (tertiary/aromatic N) is 3. The zero-order valence-electron chi connectivity index (χ0n) is 14.1. The standard InChI is InChI=1S/C18H21FN4O2/c1-22-7-6-20-17(22)16(12-2-3-12)21-18(24)23-8-9-25-15-10-14(19)5-4-13(15)11-23/h4-7,10,12,16H,2-3,8-9,11H2,1H3,(H,21,24). The maximum atomic E-state index is 13.4. The highest BCUT2D eigenvalue weighted by Gasteiger charge is 2.36. The average Bonchev–Trinajstić information content (AvgIpc) is 3.37. The van der Waals surface area contributed by atoms with Gasteiger partial charge in [0.25, 0.3) is 0 Å². The Hall–Kier alpha value is -2.57. The number of benzene rings is 1. The fourth-order valence-electron chi connectivity index (χ4n) is 3.24. The molecule has 2 aliphatic rings. The van der Waals surface area contributed by atoms with Gasteiger partial charge in [-0.15, -0.1) is 0 Å². The molecule has 1 N–H and O–H groups in total. The van der Waals surface area contributed by atoms with Crippen LogP contribution in [0.5, 0.6) is 5.75 Å². The van der Waals surface area contributed by atoms with E-state index in [0.717, 1.165) is 24.2 Å². The Balaban J connectivity index is 1.50. The van der Waals surface area contributed by atoms with Crippen molar-refractivity contribution in [3.63, 3.8) is 0 Å². The van der Waals surface area contributed by atoms with Crippen molar-refractivity contribution >= 4 is 6.03 Å². The van der Waals surface area contributed by atoms with Crippen molar-refractivity contribution < 1.29 is 13.9 Å². The van der Waals surface area contributed by atoms with Crippen molar-refractivity contribution in [3.8, 4) is 5.75 Å². The molecule has 4 rings (SSSR count). The molecule has 1 fully saturated rings. The van der Waals surface area contributed by atoms with Crippen LogP contribution in [0.15, 0.2) is 30.6 Å². The smallest absolute Gasteiger partial charge is 0.318 e. The summed E-state index contributed by atoms with van der Waals surface area (Å²) < 4.78 is 20.9. The van der Waals surface area contributed by atoms with E-state index in [1.54, 1.807) is 17.2 Å². The fourth-order valence-corrected chi connectivity index (χ4v) is 3.24. The molecule has 1 unspecified atom stereocenters. The molecule has 132 valence electrons. The Labute approximate surface area is 145 Å². The predicted molar refractivity (Wildman–Crippen MR) is 89.5 cm³/mol. The Morgan fingerprint density at radius 1 is 1.44 bits per heavy atom. The van der Waals surface area contributed by atoms with E-state index in [1.807, 2.05) is 17.8 Å². The van der Waals surface area contributed by atoms with Gasteiger partial charge in [0.1, 0.15) is 24.0 Å². The van der Waals surface area contributed by atoms with Crippen LogP contribution >= 0.6 is 0 Å². The number of urea groups is 1. The van der Waals surface area contributed by atoms with Crippen molar-refractivity contribution in [3.05, 3.63) is 47.8 Å². The van der Waals surface area contributed by atoms with Crippen molar-refractivity contribution in [1.29, 1.82) is 0 Å². The van der Waals surface area contributed by atoms with Gasteiger partial charge >= 0.3 is 6.03 Å². The summed E-state index contributed by atoms with van der Waals surface area (Å²) in [6, 6.07) is 4.22. The first kappa shape index (κ1) is 15.9. The second-order valence-electron chi connectivity index (χ2n) is 6.68. The lowest BCUT2D eigenvalue weighted by Crippen LogP contribution is -2.43. The molecular formula is C18H21FN4O2. The molecule has 7 heteroatoms. The minimum Gasteiger partial charge on any atom is -0.491 e. The maximum Gasteiger partial charge on any atom is 0.318 e. The topological polar surface area (TPSA) is 59.4 Å². The first-order valence-corrected chi connectivity index (χ1v) is 8.55. The van der Waals surface area contributed by atoms with Gasteiger partial charge < -0.3 is 19.5 Å². The number of aromatic nitrogens is 2. The molecular weight excluding hydrogens is 323 g/mol. The van der Waals surface area contributed by atoms with Crippen LogP contribution < -0.4 is 10.1 Å². The zero-order valence-corrected chi connectivity index (χ0v) is 14.1. The number of imidazole rings is 1. The molecule has 0 saturated heterocycles. The second kappa shape index (κ2) is 6.38. The van der Waals surface area contributed by atoms with Crippen molar-refractivity contribution in [2.75, 3.05) is 13.2 Å². The van der Waals surface area contributed by atoms with E-state index < -0.39 is 0 Å². The average molecular weight is 344 g/mol. The molecule has 1 aliphatic heterocycles. The molecule has 1 atom stereocenters. The number of halogens is 1. The Morgan fingerprint density at radius 2 is 2.28 bits per heavy atom. The molecule has 1 aromatic carbocycles. The number of rotatable bonds is 3. The van der Waals surface area contributed by atoms with Gasteiger partial charge in [-0.05, 0) is 24.8 Å². The van der Waals surface area contributed by atoms with E-state index in [-0.39, 0.29) is 17.9 Å². The fraction of sp³-hybridized carbons (Fsp3) is 0.444. The van der Waals surface area contributed by atoms with E-state index in [4.69, 9.17) is 4.74 Å². The van der Waals surface area contributed by atoms with Crippen LogP contribution in [0.4, 0.5) is 9.18 Å². The van der Waals surface area contributed by atoms with Gasteiger partial charge in [-0.3, -0.25) is 0 Å². The number of amides is 2. The van der Waals surface area contributed by atoms with E-state index in [9.17, 15) is 9.18 Å². The van der Waals surface area contributed by atoms with Gasteiger partial charge in [-0.2, -0.15) is 0 Å². The molecule has 2 aromatic rings. The molecule has 1 aliphatic carbocycles. The van der Waals surface area contributed by atoms with Crippen molar-refractivity contribution in [2.45, 2.75) is 25.4 Å². The molecule has 2 amide bonds. The normalized spacial score (nSPS) is 18.1. The van der Waals surface area contributed by atoms with Crippen LogP contribution in [0.3, 0.4) is 0 Å². The SMILES string of the molecule is Cn1ccnc1C(NC(=O)N1CCOc2cc(F)ccc2C1)C1CC1. The highest BCUT2D eigenvalue weighted by molar-refractivity contribution is 5.75. The Kier molecular flexibility index (Phi) is 4.07. The lowest BCUT2D eigenvalue weighted by molar-refractivity contribution is 0.181. The van der Waals surface area contributed by atoms with Crippen LogP contribution in [0.1, 0.15) is 30.3 Å². The van der Waals surface area contributed by atoms with Gasteiger partial charge in [-0.1, -0.05) is 6.07 Å². The molecule has 1 aromatic heterocycles. The third-order valence-electron chi connectivity index (χ3n) is 4.81.